The number of carbonyl (C=O) groups is 2. The number of furan rings is 1. The summed E-state index contributed by atoms with van der Waals surface area (Å²) in [6, 6.07) is 0. The lowest BCUT2D eigenvalue weighted by Crippen LogP contribution is -2.23. The molecule has 2 aromatic heterocycles. The lowest BCUT2D eigenvalue weighted by molar-refractivity contribution is 0.0916. The highest BCUT2D eigenvalue weighted by Gasteiger charge is 2.28. The molecule has 0 atom stereocenters. The fourth-order valence-electron chi connectivity index (χ4n) is 2.43. The Balaban J connectivity index is 1.80. The van der Waals surface area contributed by atoms with Gasteiger partial charge < -0.3 is 9.73 Å². The predicted octanol–water partition coefficient (Wildman–Crippen LogP) is 1.16. The van der Waals surface area contributed by atoms with E-state index in [0.717, 1.165) is 6.42 Å². The number of carbonyl (C=O) groups excluding carboxylic acids is 2. The number of hydrogen-bond acceptors (Lipinski definition) is 5. The van der Waals surface area contributed by atoms with Gasteiger partial charge in [-0.05, 0) is 13.3 Å². The smallest absolute Gasteiger partial charge is 0.287 e. The van der Waals surface area contributed by atoms with E-state index < -0.39 is 0 Å². The van der Waals surface area contributed by atoms with Crippen LogP contribution >= 0.6 is 0 Å². The fraction of sp³-hybridized carbons (Fsp3) is 0.385. The number of ketones is 1. The molecule has 0 aliphatic heterocycles. The number of aromatic amines is 1. The molecule has 7 heteroatoms. The summed E-state index contributed by atoms with van der Waals surface area (Å²) in [5, 5.41) is 12.7. The second-order valence-corrected chi connectivity index (χ2v) is 4.78. The summed E-state index contributed by atoms with van der Waals surface area (Å²) < 4.78 is 5.56. The van der Waals surface area contributed by atoms with Crippen LogP contribution in [0.4, 0.5) is 0 Å². The van der Waals surface area contributed by atoms with Gasteiger partial charge in [-0.15, -0.1) is 0 Å². The number of H-pyrrole nitrogens is 1. The van der Waals surface area contributed by atoms with Gasteiger partial charge in [-0.2, -0.15) is 15.4 Å². The van der Waals surface area contributed by atoms with E-state index in [-0.39, 0.29) is 24.0 Å². The van der Waals surface area contributed by atoms with Crippen LogP contribution in [-0.2, 0) is 13.0 Å². The summed E-state index contributed by atoms with van der Waals surface area (Å²) in [5.74, 6) is 0.565. The Labute approximate surface area is 114 Å². The van der Waals surface area contributed by atoms with Crippen LogP contribution in [0.3, 0.4) is 0 Å². The van der Waals surface area contributed by atoms with Crippen LogP contribution in [0.1, 0.15) is 50.8 Å². The zero-order valence-corrected chi connectivity index (χ0v) is 11.0. The van der Waals surface area contributed by atoms with Crippen molar-refractivity contribution in [3.8, 4) is 0 Å². The first-order valence-corrected chi connectivity index (χ1v) is 6.45. The molecule has 0 radical (unpaired) electrons. The number of fused-ring (bicyclic) bond motifs is 1. The molecule has 1 aliphatic rings. The van der Waals surface area contributed by atoms with Gasteiger partial charge in [-0.25, -0.2) is 0 Å². The summed E-state index contributed by atoms with van der Waals surface area (Å²) in [6.07, 6.45) is 3.54. The Bertz CT molecular complexity index is 657. The third-order valence-electron chi connectivity index (χ3n) is 3.41. The van der Waals surface area contributed by atoms with Crippen LogP contribution in [0.5, 0.6) is 0 Å². The summed E-state index contributed by atoms with van der Waals surface area (Å²) in [4.78, 5) is 24.0. The lowest BCUT2D eigenvalue weighted by atomic mass is 9.94. The van der Waals surface area contributed by atoms with Crippen molar-refractivity contribution < 1.29 is 14.0 Å². The van der Waals surface area contributed by atoms with Crippen molar-refractivity contribution in [3.05, 3.63) is 34.5 Å². The van der Waals surface area contributed by atoms with E-state index in [2.05, 4.69) is 20.7 Å². The Morgan fingerprint density at radius 1 is 1.50 bits per heavy atom. The molecule has 3 rings (SSSR count). The molecule has 7 nitrogen and oxygen atoms in total. The normalized spacial score (nSPS) is 14.2. The molecule has 0 fully saturated rings. The van der Waals surface area contributed by atoms with Crippen molar-refractivity contribution in [2.24, 2.45) is 0 Å². The Hall–Kier alpha value is -2.44. The number of hydrogen-bond donors (Lipinski definition) is 2. The Morgan fingerprint density at radius 3 is 3.05 bits per heavy atom. The first-order chi connectivity index (χ1) is 9.66. The van der Waals surface area contributed by atoms with Crippen molar-refractivity contribution in [3.63, 3.8) is 0 Å². The van der Waals surface area contributed by atoms with E-state index in [9.17, 15) is 9.59 Å². The topological polar surface area (TPSA) is 101 Å². The van der Waals surface area contributed by atoms with Crippen molar-refractivity contribution in [1.82, 2.24) is 20.7 Å². The van der Waals surface area contributed by atoms with Gasteiger partial charge in [0.1, 0.15) is 11.5 Å². The standard InChI is InChI=1S/C13H14N4O3/c1-7-11-9(18)3-2-4-10(11)20-12(7)13(19)14-5-8-6-15-17-16-8/h6H,2-5H2,1H3,(H,14,19)(H,15,16,17). The van der Waals surface area contributed by atoms with E-state index >= 15 is 0 Å². The van der Waals surface area contributed by atoms with Crippen molar-refractivity contribution in [2.75, 3.05) is 0 Å². The summed E-state index contributed by atoms with van der Waals surface area (Å²) >= 11 is 0. The highest BCUT2D eigenvalue weighted by Crippen LogP contribution is 2.29. The molecule has 2 aromatic rings. The third-order valence-corrected chi connectivity index (χ3v) is 3.41. The number of nitrogens with one attached hydrogen (secondary N) is 2. The van der Waals surface area contributed by atoms with Gasteiger partial charge in [0, 0.05) is 18.4 Å². The monoisotopic (exact) mass is 274 g/mol. The Kier molecular flexibility index (Phi) is 3.09. The van der Waals surface area contributed by atoms with Gasteiger partial charge in [0.05, 0.1) is 18.3 Å². The predicted molar refractivity (Wildman–Crippen MR) is 68.3 cm³/mol. The minimum Gasteiger partial charge on any atom is -0.455 e. The summed E-state index contributed by atoms with van der Waals surface area (Å²) in [7, 11) is 0. The van der Waals surface area contributed by atoms with Gasteiger partial charge >= 0.3 is 0 Å². The maximum Gasteiger partial charge on any atom is 0.287 e. The molecule has 0 bridgehead atoms. The van der Waals surface area contributed by atoms with Gasteiger partial charge in [-0.3, -0.25) is 9.59 Å². The number of aromatic nitrogens is 3. The van der Waals surface area contributed by atoms with E-state index in [1.807, 2.05) is 0 Å². The van der Waals surface area contributed by atoms with Gasteiger partial charge in [-0.1, -0.05) is 0 Å². The maximum absolute atomic E-state index is 12.1. The van der Waals surface area contributed by atoms with Crippen LogP contribution in [0, 0.1) is 6.92 Å². The van der Waals surface area contributed by atoms with E-state index in [4.69, 9.17) is 4.42 Å². The van der Waals surface area contributed by atoms with Crippen molar-refractivity contribution >= 4 is 11.7 Å². The zero-order chi connectivity index (χ0) is 14.1. The van der Waals surface area contributed by atoms with E-state index in [1.54, 1.807) is 6.92 Å². The molecule has 1 amide bonds. The van der Waals surface area contributed by atoms with E-state index in [0.29, 0.717) is 35.4 Å². The Morgan fingerprint density at radius 2 is 2.35 bits per heavy atom. The summed E-state index contributed by atoms with van der Waals surface area (Å²) in [6.45, 7) is 2.00. The van der Waals surface area contributed by atoms with Gasteiger partial charge in [0.15, 0.2) is 11.5 Å². The molecule has 20 heavy (non-hydrogen) atoms. The van der Waals surface area contributed by atoms with Gasteiger partial charge in [0.25, 0.3) is 5.91 Å². The maximum atomic E-state index is 12.1. The summed E-state index contributed by atoms with van der Waals surface area (Å²) in [5.41, 5.74) is 1.84. The number of aryl methyl sites for hydroxylation is 1. The number of rotatable bonds is 3. The zero-order valence-electron chi connectivity index (χ0n) is 11.0. The SMILES string of the molecule is Cc1c(C(=O)NCc2cn[nH]n2)oc2c1C(=O)CCC2. The molecular weight excluding hydrogens is 260 g/mol. The number of Topliss-reactive ketones (excluding diaryl/α,β-unsaturated/α-hetero) is 1. The van der Waals surface area contributed by atoms with Crippen LogP contribution in [0.15, 0.2) is 10.6 Å². The quantitative estimate of drug-likeness (QED) is 0.874. The molecule has 0 spiro atoms. The second kappa shape index (κ2) is 4.92. The molecule has 0 saturated heterocycles. The largest absolute Gasteiger partial charge is 0.455 e. The first kappa shape index (κ1) is 12.6. The van der Waals surface area contributed by atoms with Crippen LogP contribution in [-0.4, -0.2) is 27.1 Å². The minimum atomic E-state index is -0.340. The number of amides is 1. The molecule has 0 saturated carbocycles. The number of nitrogens with zero attached hydrogens (tertiary/aromatic N) is 2. The average Bonchev–Trinajstić information content (AvgIpc) is 3.05. The van der Waals surface area contributed by atoms with Crippen LogP contribution in [0.25, 0.3) is 0 Å². The highest BCUT2D eigenvalue weighted by atomic mass is 16.4. The third kappa shape index (κ3) is 2.11. The van der Waals surface area contributed by atoms with Crippen LogP contribution in [0.2, 0.25) is 0 Å². The molecule has 0 unspecified atom stereocenters. The minimum absolute atomic E-state index is 0.0584. The first-order valence-electron chi connectivity index (χ1n) is 6.45. The molecule has 1 aliphatic carbocycles. The fourth-order valence-corrected chi connectivity index (χ4v) is 2.43. The average molecular weight is 274 g/mol. The molecule has 104 valence electrons. The van der Waals surface area contributed by atoms with E-state index in [1.165, 1.54) is 6.20 Å². The van der Waals surface area contributed by atoms with Crippen LogP contribution < -0.4 is 5.32 Å². The molecule has 0 aromatic carbocycles. The molecular formula is C13H14N4O3. The van der Waals surface area contributed by atoms with Crippen molar-refractivity contribution in [1.29, 1.82) is 0 Å². The van der Waals surface area contributed by atoms with Gasteiger partial charge in [0.2, 0.25) is 0 Å². The lowest BCUT2D eigenvalue weighted by Gasteiger charge is -2.07. The highest BCUT2D eigenvalue weighted by molar-refractivity contribution is 6.03. The molecule has 2 heterocycles. The molecule has 2 N–H and O–H groups in total. The second-order valence-electron chi connectivity index (χ2n) is 4.78. The van der Waals surface area contributed by atoms with Crippen molar-refractivity contribution in [2.45, 2.75) is 32.7 Å².